The van der Waals surface area contributed by atoms with Crippen molar-refractivity contribution in [3.8, 4) is 0 Å². The van der Waals surface area contributed by atoms with Crippen LogP contribution in [0.5, 0.6) is 0 Å². The van der Waals surface area contributed by atoms with Crippen LogP contribution in [0.1, 0.15) is 30.6 Å². The van der Waals surface area contributed by atoms with Crippen LogP contribution < -0.4 is 5.32 Å². The summed E-state index contributed by atoms with van der Waals surface area (Å²) >= 11 is 8.35. The van der Waals surface area contributed by atoms with Crippen molar-refractivity contribution >= 4 is 74.0 Å². The summed E-state index contributed by atoms with van der Waals surface area (Å²) in [5, 5.41) is 7.17. The van der Waals surface area contributed by atoms with Crippen molar-refractivity contribution in [2.75, 3.05) is 11.9 Å². The van der Waals surface area contributed by atoms with Gasteiger partial charge >= 0.3 is 0 Å². The molecule has 2 amide bonds. The Hall–Kier alpha value is -2.48. The Bertz CT molecular complexity index is 1130. The number of benzene rings is 2. The van der Waals surface area contributed by atoms with Gasteiger partial charge in [-0.1, -0.05) is 72.9 Å². The highest BCUT2D eigenvalue weighted by Gasteiger charge is 2.31. The van der Waals surface area contributed by atoms with Gasteiger partial charge in [-0.2, -0.15) is 0 Å². The molecule has 1 aromatic heterocycles. The maximum atomic E-state index is 12.6. The van der Waals surface area contributed by atoms with Gasteiger partial charge in [-0.3, -0.25) is 14.5 Å². The van der Waals surface area contributed by atoms with Crippen LogP contribution in [0.4, 0.5) is 5.69 Å². The minimum absolute atomic E-state index is 0.0147. The van der Waals surface area contributed by atoms with Gasteiger partial charge in [0.05, 0.1) is 4.91 Å². The molecule has 0 unspecified atom stereocenters. The Balaban J connectivity index is 1.22. The van der Waals surface area contributed by atoms with E-state index in [1.54, 1.807) is 16.2 Å². The molecular weight excluding hydrogens is 444 g/mol. The summed E-state index contributed by atoms with van der Waals surface area (Å²) in [6, 6.07) is 17.9. The molecule has 31 heavy (non-hydrogen) atoms. The molecule has 1 fully saturated rings. The van der Waals surface area contributed by atoms with E-state index in [0.717, 1.165) is 40.6 Å². The van der Waals surface area contributed by atoms with Gasteiger partial charge in [0.15, 0.2) is 0 Å². The number of fused-ring (bicyclic) bond motifs is 1. The average molecular weight is 467 g/mol. The van der Waals surface area contributed by atoms with E-state index in [-0.39, 0.29) is 11.8 Å². The smallest absolute Gasteiger partial charge is 0.266 e. The average Bonchev–Trinajstić information content (AvgIpc) is 3.37. The zero-order valence-corrected chi connectivity index (χ0v) is 19.3. The van der Waals surface area contributed by atoms with Crippen molar-refractivity contribution < 1.29 is 9.59 Å². The SMILES string of the molecule is O=C(CCCCCN1C(=O)/C(=C\c2cccs2)SC1=S)Nc1cccc2ccccc12. The molecule has 0 atom stereocenters. The van der Waals surface area contributed by atoms with E-state index >= 15 is 0 Å². The summed E-state index contributed by atoms with van der Waals surface area (Å²) in [5.41, 5.74) is 0.846. The number of thioether (sulfide) groups is 1. The molecule has 2 heterocycles. The summed E-state index contributed by atoms with van der Waals surface area (Å²) in [6.45, 7) is 0.595. The first kappa shape index (κ1) is 21.7. The third-order valence-electron chi connectivity index (χ3n) is 5.04. The number of unbranched alkanes of at least 4 members (excludes halogenated alkanes) is 2. The summed E-state index contributed by atoms with van der Waals surface area (Å²) in [7, 11) is 0. The molecule has 4 nitrogen and oxygen atoms in total. The number of thiophene rings is 1. The first-order chi connectivity index (χ1) is 15.1. The maximum absolute atomic E-state index is 12.6. The summed E-state index contributed by atoms with van der Waals surface area (Å²) < 4.78 is 0.613. The first-order valence-electron chi connectivity index (χ1n) is 10.2. The monoisotopic (exact) mass is 466 g/mol. The van der Waals surface area contributed by atoms with Gasteiger partial charge in [-0.05, 0) is 41.8 Å². The van der Waals surface area contributed by atoms with Gasteiger partial charge < -0.3 is 5.32 Å². The number of nitrogens with one attached hydrogen (secondary N) is 1. The molecule has 0 radical (unpaired) electrons. The second-order valence-corrected chi connectivity index (χ2v) is 9.89. The minimum Gasteiger partial charge on any atom is -0.326 e. The molecule has 1 aliphatic rings. The zero-order chi connectivity index (χ0) is 21.6. The number of carbonyl (C=O) groups excluding carboxylic acids is 2. The predicted octanol–water partition coefficient (Wildman–Crippen LogP) is 6.30. The fourth-order valence-electron chi connectivity index (χ4n) is 3.47. The van der Waals surface area contributed by atoms with E-state index in [1.807, 2.05) is 66.1 Å². The Morgan fingerprint density at radius 1 is 1.03 bits per heavy atom. The number of nitrogens with zero attached hydrogens (tertiary/aromatic N) is 1. The summed E-state index contributed by atoms with van der Waals surface area (Å²) in [4.78, 5) is 28.4. The quantitative estimate of drug-likeness (QED) is 0.240. The van der Waals surface area contributed by atoms with E-state index in [9.17, 15) is 9.59 Å². The van der Waals surface area contributed by atoms with Gasteiger partial charge in [0, 0.05) is 28.9 Å². The van der Waals surface area contributed by atoms with Crippen molar-refractivity contribution in [2.24, 2.45) is 0 Å². The van der Waals surface area contributed by atoms with Crippen LogP contribution in [0.25, 0.3) is 16.8 Å². The fraction of sp³-hybridized carbons (Fsp3) is 0.208. The van der Waals surface area contributed by atoms with E-state index in [4.69, 9.17) is 12.2 Å². The topological polar surface area (TPSA) is 49.4 Å². The van der Waals surface area contributed by atoms with Crippen LogP contribution in [-0.4, -0.2) is 27.6 Å². The highest BCUT2D eigenvalue weighted by molar-refractivity contribution is 8.26. The third kappa shape index (κ3) is 5.42. The number of amides is 2. The second kappa shape index (κ2) is 10.2. The Morgan fingerprint density at radius 3 is 2.71 bits per heavy atom. The molecule has 2 aromatic carbocycles. The Kier molecular flexibility index (Phi) is 7.17. The van der Waals surface area contributed by atoms with Crippen LogP contribution >= 0.6 is 35.3 Å². The highest BCUT2D eigenvalue weighted by atomic mass is 32.2. The van der Waals surface area contributed by atoms with Gasteiger partial charge in [0.25, 0.3) is 5.91 Å². The molecule has 1 saturated heterocycles. The molecular formula is C24H22N2O2S3. The van der Waals surface area contributed by atoms with Crippen molar-refractivity contribution in [3.05, 3.63) is 69.8 Å². The lowest BCUT2D eigenvalue weighted by Gasteiger charge is -2.14. The molecule has 0 aliphatic carbocycles. The number of carbonyl (C=O) groups is 2. The van der Waals surface area contributed by atoms with Crippen LogP contribution in [0, 0.1) is 0 Å². The summed E-state index contributed by atoms with van der Waals surface area (Å²) in [6.07, 6.45) is 4.82. The zero-order valence-electron chi connectivity index (χ0n) is 16.9. The minimum atomic E-state index is -0.0166. The number of hydrogen-bond donors (Lipinski definition) is 1. The fourth-order valence-corrected chi connectivity index (χ4v) is 5.51. The summed E-state index contributed by atoms with van der Waals surface area (Å²) in [5.74, 6) is -0.00190. The third-order valence-corrected chi connectivity index (χ3v) is 7.24. The van der Waals surface area contributed by atoms with E-state index in [1.165, 1.54) is 11.8 Å². The molecule has 4 rings (SSSR count). The van der Waals surface area contributed by atoms with E-state index < -0.39 is 0 Å². The molecule has 158 valence electrons. The Morgan fingerprint density at radius 2 is 1.87 bits per heavy atom. The molecule has 0 spiro atoms. The van der Waals surface area contributed by atoms with E-state index in [0.29, 0.717) is 22.2 Å². The lowest BCUT2D eigenvalue weighted by atomic mass is 10.1. The van der Waals surface area contributed by atoms with Crippen LogP contribution in [0.3, 0.4) is 0 Å². The normalized spacial score (nSPS) is 15.2. The highest BCUT2D eigenvalue weighted by Crippen LogP contribution is 2.33. The largest absolute Gasteiger partial charge is 0.326 e. The molecule has 1 aliphatic heterocycles. The second-order valence-electron chi connectivity index (χ2n) is 7.23. The maximum Gasteiger partial charge on any atom is 0.266 e. The van der Waals surface area contributed by atoms with Crippen LogP contribution in [0.15, 0.2) is 64.9 Å². The lowest BCUT2D eigenvalue weighted by Crippen LogP contribution is -2.29. The van der Waals surface area contributed by atoms with Gasteiger partial charge in [-0.25, -0.2) is 0 Å². The van der Waals surface area contributed by atoms with Crippen molar-refractivity contribution in [1.29, 1.82) is 0 Å². The molecule has 0 bridgehead atoms. The molecule has 1 N–H and O–H groups in total. The van der Waals surface area contributed by atoms with Crippen LogP contribution in [0.2, 0.25) is 0 Å². The van der Waals surface area contributed by atoms with Crippen molar-refractivity contribution in [3.63, 3.8) is 0 Å². The van der Waals surface area contributed by atoms with Crippen molar-refractivity contribution in [2.45, 2.75) is 25.7 Å². The van der Waals surface area contributed by atoms with Crippen molar-refractivity contribution in [1.82, 2.24) is 4.90 Å². The molecule has 3 aromatic rings. The lowest BCUT2D eigenvalue weighted by molar-refractivity contribution is -0.122. The van der Waals surface area contributed by atoms with Gasteiger partial charge in [0.1, 0.15) is 4.32 Å². The number of rotatable bonds is 8. The van der Waals surface area contributed by atoms with E-state index in [2.05, 4.69) is 5.32 Å². The van der Waals surface area contributed by atoms with Crippen LogP contribution in [-0.2, 0) is 9.59 Å². The molecule has 7 heteroatoms. The number of anilines is 1. The van der Waals surface area contributed by atoms with Gasteiger partial charge in [-0.15, -0.1) is 11.3 Å². The first-order valence-corrected chi connectivity index (χ1v) is 12.3. The Labute approximate surface area is 195 Å². The number of hydrogen-bond acceptors (Lipinski definition) is 5. The predicted molar refractivity (Wildman–Crippen MR) is 135 cm³/mol. The molecule has 0 saturated carbocycles. The van der Waals surface area contributed by atoms with Gasteiger partial charge in [0.2, 0.25) is 5.91 Å². The standard InChI is InChI=1S/C24H22N2O2S3/c27-22(25-20-12-6-9-17-8-3-4-11-19(17)20)13-2-1-5-14-26-23(28)21(31-24(26)29)16-18-10-7-15-30-18/h3-4,6-12,15-16H,1-2,5,13-14H2,(H,25,27)/b21-16+. The number of thiocarbonyl (C=S) groups is 1.